The van der Waals surface area contributed by atoms with Crippen LogP contribution in [0.2, 0.25) is 0 Å². The highest BCUT2D eigenvalue weighted by Crippen LogP contribution is 2.33. The standard InChI is InChI=1S/C11H13BrF2N2O3/c1-2-19-11(17)7-8(10(13)14)16(15-9(7)12)6-3-4-18-5-6/h6,10H,2-5H2,1H3/t6-/m0/s1. The van der Waals surface area contributed by atoms with Gasteiger partial charge < -0.3 is 9.47 Å². The summed E-state index contributed by atoms with van der Waals surface area (Å²) in [5.41, 5.74) is -0.621. The van der Waals surface area contributed by atoms with Gasteiger partial charge in [-0.15, -0.1) is 0 Å². The van der Waals surface area contributed by atoms with E-state index < -0.39 is 18.1 Å². The maximum Gasteiger partial charge on any atom is 0.343 e. The van der Waals surface area contributed by atoms with E-state index in [1.165, 1.54) is 4.68 Å². The second-order valence-electron chi connectivity index (χ2n) is 4.03. The molecule has 2 rings (SSSR count). The lowest BCUT2D eigenvalue weighted by atomic mass is 10.2. The molecule has 19 heavy (non-hydrogen) atoms. The number of alkyl halides is 2. The molecule has 0 saturated carbocycles. The fourth-order valence-electron chi connectivity index (χ4n) is 2.01. The van der Waals surface area contributed by atoms with Crippen molar-refractivity contribution >= 4 is 21.9 Å². The van der Waals surface area contributed by atoms with Crippen molar-refractivity contribution in [1.82, 2.24) is 9.78 Å². The Balaban J connectivity index is 2.44. The van der Waals surface area contributed by atoms with Crippen molar-refractivity contribution in [3.05, 3.63) is 15.9 Å². The highest BCUT2D eigenvalue weighted by Gasteiger charge is 2.33. The number of carbonyl (C=O) groups is 1. The summed E-state index contributed by atoms with van der Waals surface area (Å²) in [6.07, 6.45) is -2.21. The van der Waals surface area contributed by atoms with Gasteiger partial charge in [-0.2, -0.15) is 5.10 Å². The van der Waals surface area contributed by atoms with Crippen LogP contribution in [0, 0.1) is 0 Å². The molecular weight excluding hydrogens is 326 g/mol. The van der Waals surface area contributed by atoms with E-state index in [1.807, 2.05) is 0 Å². The van der Waals surface area contributed by atoms with E-state index in [-0.39, 0.29) is 22.8 Å². The topological polar surface area (TPSA) is 53.3 Å². The highest BCUT2D eigenvalue weighted by atomic mass is 79.9. The smallest absolute Gasteiger partial charge is 0.343 e. The van der Waals surface area contributed by atoms with Gasteiger partial charge in [0.05, 0.1) is 19.3 Å². The zero-order valence-electron chi connectivity index (χ0n) is 10.2. The van der Waals surface area contributed by atoms with E-state index in [0.717, 1.165) is 0 Å². The molecule has 8 heteroatoms. The molecule has 2 heterocycles. The number of nitrogens with zero attached hydrogens (tertiary/aromatic N) is 2. The number of carbonyl (C=O) groups excluding carboxylic acids is 1. The van der Waals surface area contributed by atoms with Crippen LogP contribution in [0.3, 0.4) is 0 Å². The summed E-state index contributed by atoms with van der Waals surface area (Å²) in [5.74, 6) is -0.796. The van der Waals surface area contributed by atoms with Gasteiger partial charge in [0.2, 0.25) is 0 Å². The minimum Gasteiger partial charge on any atom is -0.462 e. The Kier molecular flexibility index (Phi) is 4.51. The fourth-order valence-corrected chi connectivity index (χ4v) is 2.55. The van der Waals surface area contributed by atoms with Crippen LogP contribution in [0.5, 0.6) is 0 Å². The average Bonchev–Trinajstić information content (AvgIpc) is 2.95. The molecule has 0 aliphatic carbocycles. The molecule has 0 spiro atoms. The molecule has 0 bridgehead atoms. The zero-order valence-corrected chi connectivity index (χ0v) is 11.8. The predicted octanol–water partition coefficient (Wildman–Crippen LogP) is 2.72. The third-order valence-corrected chi connectivity index (χ3v) is 3.40. The van der Waals surface area contributed by atoms with Crippen molar-refractivity contribution in [1.29, 1.82) is 0 Å². The van der Waals surface area contributed by atoms with Gasteiger partial charge in [0.15, 0.2) is 0 Å². The summed E-state index contributed by atoms with van der Waals surface area (Å²) < 4.78 is 37.7. The average molecular weight is 339 g/mol. The first-order valence-electron chi connectivity index (χ1n) is 5.87. The quantitative estimate of drug-likeness (QED) is 0.792. The lowest BCUT2D eigenvalue weighted by Crippen LogP contribution is -2.16. The molecule has 1 aromatic heterocycles. The van der Waals surface area contributed by atoms with Gasteiger partial charge in [-0.1, -0.05) is 0 Å². The first-order valence-corrected chi connectivity index (χ1v) is 6.66. The summed E-state index contributed by atoms with van der Waals surface area (Å²) >= 11 is 3.05. The van der Waals surface area contributed by atoms with Crippen LogP contribution in [-0.2, 0) is 9.47 Å². The van der Waals surface area contributed by atoms with Crippen molar-refractivity contribution in [3.63, 3.8) is 0 Å². The van der Waals surface area contributed by atoms with Crippen LogP contribution in [0.4, 0.5) is 8.78 Å². The molecule has 1 atom stereocenters. The van der Waals surface area contributed by atoms with Crippen LogP contribution in [0.1, 0.15) is 41.9 Å². The summed E-state index contributed by atoms with van der Waals surface area (Å²) in [5, 5.41) is 3.99. The maximum atomic E-state index is 13.2. The Morgan fingerprint density at radius 1 is 1.68 bits per heavy atom. The van der Waals surface area contributed by atoms with Crippen molar-refractivity contribution in [2.75, 3.05) is 19.8 Å². The molecule has 1 aromatic rings. The van der Waals surface area contributed by atoms with Crippen LogP contribution in [0.25, 0.3) is 0 Å². The Morgan fingerprint density at radius 3 is 2.95 bits per heavy atom. The molecule has 0 unspecified atom stereocenters. The van der Waals surface area contributed by atoms with Gasteiger partial charge in [-0.3, -0.25) is 4.68 Å². The Labute approximate surface area is 117 Å². The number of hydrogen-bond donors (Lipinski definition) is 0. The van der Waals surface area contributed by atoms with Crippen LogP contribution in [-0.4, -0.2) is 35.6 Å². The van der Waals surface area contributed by atoms with E-state index in [9.17, 15) is 13.6 Å². The van der Waals surface area contributed by atoms with Gasteiger partial charge in [0.25, 0.3) is 6.43 Å². The summed E-state index contributed by atoms with van der Waals surface area (Å²) in [6, 6.07) is -0.275. The molecule has 0 amide bonds. The third kappa shape index (κ3) is 2.79. The van der Waals surface area contributed by atoms with Crippen molar-refractivity contribution in [2.45, 2.75) is 25.8 Å². The number of halogens is 3. The van der Waals surface area contributed by atoms with Crippen LogP contribution < -0.4 is 0 Å². The largest absolute Gasteiger partial charge is 0.462 e. The number of aromatic nitrogens is 2. The molecule has 0 N–H and O–H groups in total. The fraction of sp³-hybridized carbons (Fsp3) is 0.636. The van der Waals surface area contributed by atoms with E-state index in [0.29, 0.717) is 19.6 Å². The molecular formula is C11H13BrF2N2O3. The second-order valence-corrected chi connectivity index (χ2v) is 4.79. The molecule has 1 fully saturated rings. The van der Waals surface area contributed by atoms with E-state index in [4.69, 9.17) is 9.47 Å². The summed E-state index contributed by atoms with van der Waals surface area (Å²) in [7, 11) is 0. The number of ether oxygens (including phenoxy) is 2. The normalized spacial score (nSPS) is 19.1. The Morgan fingerprint density at radius 2 is 2.42 bits per heavy atom. The lowest BCUT2D eigenvalue weighted by Gasteiger charge is -2.13. The Bertz CT molecular complexity index is 473. The van der Waals surface area contributed by atoms with E-state index in [1.54, 1.807) is 6.92 Å². The zero-order chi connectivity index (χ0) is 14.0. The van der Waals surface area contributed by atoms with Gasteiger partial charge in [-0.25, -0.2) is 13.6 Å². The van der Waals surface area contributed by atoms with Gasteiger partial charge >= 0.3 is 5.97 Å². The van der Waals surface area contributed by atoms with Gasteiger partial charge in [0.1, 0.15) is 15.9 Å². The summed E-state index contributed by atoms with van der Waals surface area (Å²) in [6.45, 7) is 2.55. The number of hydrogen-bond acceptors (Lipinski definition) is 4. The first kappa shape index (κ1) is 14.4. The van der Waals surface area contributed by atoms with Gasteiger partial charge in [0, 0.05) is 6.61 Å². The Hall–Kier alpha value is -1.02. The van der Waals surface area contributed by atoms with Crippen LogP contribution in [0.15, 0.2) is 4.60 Å². The SMILES string of the molecule is CCOC(=O)c1c(Br)nn([C@H]2CCOC2)c1C(F)F. The van der Waals surface area contributed by atoms with Crippen molar-refractivity contribution in [3.8, 4) is 0 Å². The number of esters is 1. The summed E-state index contributed by atoms with van der Waals surface area (Å²) in [4.78, 5) is 11.7. The molecule has 1 aliphatic heterocycles. The highest BCUT2D eigenvalue weighted by molar-refractivity contribution is 9.10. The first-order chi connectivity index (χ1) is 9.06. The molecule has 106 valence electrons. The van der Waals surface area contributed by atoms with Crippen molar-refractivity contribution < 1.29 is 23.0 Å². The molecule has 5 nitrogen and oxygen atoms in total. The third-order valence-electron chi connectivity index (χ3n) is 2.84. The minimum atomic E-state index is -2.81. The van der Waals surface area contributed by atoms with Crippen molar-refractivity contribution in [2.24, 2.45) is 0 Å². The predicted molar refractivity (Wildman–Crippen MR) is 65.3 cm³/mol. The molecule has 1 aliphatic rings. The van der Waals surface area contributed by atoms with Gasteiger partial charge in [-0.05, 0) is 29.3 Å². The molecule has 0 aromatic carbocycles. The monoisotopic (exact) mass is 338 g/mol. The lowest BCUT2D eigenvalue weighted by molar-refractivity contribution is 0.0511. The van der Waals surface area contributed by atoms with Crippen LogP contribution >= 0.6 is 15.9 Å². The minimum absolute atomic E-state index is 0.0770. The van der Waals surface area contributed by atoms with E-state index in [2.05, 4.69) is 21.0 Å². The molecule has 1 saturated heterocycles. The maximum absolute atomic E-state index is 13.2. The number of rotatable bonds is 4. The van der Waals surface area contributed by atoms with E-state index >= 15 is 0 Å². The second kappa shape index (κ2) is 5.96. The molecule has 0 radical (unpaired) electrons.